The number of nitrogens with one attached hydrogen (secondary N) is 1. The van der Waals surface area contributed by atoms with Gasteiger partial charge in [-0.05, 0) is 25.0 Å². The van der Waals surface area contributed by atoms with Crippen LogP contribution in [0.25, 0.3) is 0 Å². The van der Waals surface area contributed by atoms with Gasteiger partial charge in [0.15, 0.2) is 0 Å². The molecule has 0 radical (unpaired) electrons. The predicted octanol–water partition coefficient (Wildman–Crippen LogP) is 5.72. The second-order valence-corrected chi connectivity index (χ2v) is 6.04. The average molecular weight is 305 g/mol. The van der Waals surface area contributed by atoms with Crippen molar-refractivity contribution in [2.75, 3.05) is 5.32 Å². The Hall–Kier alpha value is -1.51. The summed E-state index contributed by atoms with van der Waals surface area (Å²) < 4.78 is 0. The maximum absolute atomic E-state index is 11.3. The Labute approximate surface area is 135 Å². The third kappa shape index (κ3) is 6.97. The van der Waals surface area contributed by atoms with Crippen LogP contribution in [0.15, 0.2) is 24.3 Å². The van der Waals surface area contributed by atoms with Crippen LogP contribution >= 0.6 is 0 Å². The number of carbonyl (C=O) groups is 1. The fourth-order valence-corrected chi connectivity index (χ4v) is 2.76. The Morgan fingerprint density at radius 2 is 1.59 bits per heavy atom. The van der Waals surface area contributed by atoms with Crippen molar-refractivity contribution >= 4 is 11.7 Å². The molecule has 0 aliphatic heterocycles. The molecule has 1 unspecified atom stereocenters. The molecule has 124 valence electrons. The van der Waals surface area contributed by atoms with E-state index in [9.17, 15) is 9.90 Å². The Morgan fingerprint density at radius 3 is 2.23 bits per heavy atom. The fourth-order valence-electron chi connectivity index (χ4n) is 2.76. The first-order chi connectivity index (χ1) is 10.7. The molecule has 1 atom stereocenters. The normalized spacial score (nSPS) is 12.1. The van der Waals surface area contributed by atoms with E-state index < -0.39 is 5.97 Å². The average Bonchev–Trinajstić information content (AvgIpc) is 2.51. The summed E-state index contributed by atoms with van der Waals surface area (Å²) in [5, 5.41) is 12.8. The molecule has 1 rings (SSSR count). The van der Waals surface area contributed by atoms with Crippen LogP contribution in [0.5, 0.6) is 0 Å². The van der Waals surface area contributed by atoms with Crippen molar-refractivity contribution in [2.45, 2.75) is 77.7 Å². The van der Waals surface area contributed by atoms with E-state index in [0.29, 0.717) is 11.6 Å². The van der Waals surface area contributed by atoms with Gasteiger partial charge in [0, 0.05) is 11.7 Å². The number of para-hydroxylation sites is 1. The van der Waals surface area contributed by atoms with Gasteiger partial charge in [0.1, 0.15) is 0 Å². The third-order valence-electron chi connectivity index (χ3n) is 4.08. The molecule has 1 aromatic rings. The maximum Gasteiger partial charge on any atom is 0.337 e. The predicted molar refractivity (Wildman–Crippen MR) is 93.7 cm³/mol. The zero-order valence-corrected chi connectivity index (χ0v) is 14.1. The molecule has 0 heterocycles. The van der Waals surface area contributed by atoms with Crippen molar-refractivity contribution in [3.05, 3.63) is 29.8 Å². The maximum atomic E-state index is 11.3. The van der Waals surface area contributed by atoms with Crippen LogP contribution in [0.4, 0.5) is 5.69 Å². The lowest BCUT2D eigenvalue weighted by Crippen LogP contribution is -2.21. The quantitative estimate of drug-likeness (QED) is 0.486. The van der Waals surface area contributed by atoms with Crippen LogP contribution in [0.2, 0.25) is 0 Å². The van der Waals surface area contributed by atoms with E-state index in [1.54, 1.807) is 12.1 Å². The number of carboxylic acid groups (broad SMARTS) is 1. The number of rotatable bonds is 12. The van der Waals surface area contributed by atoms with Gasteiger partial charge in [-0.1, -0.05) is 70.9 Å². The van der Waals surface area contributed by atoms with Crippen molar-refractivity contribution in [1.82, 2.24) is 0 Å². The Kier molecular flexibility index (Phi) is 9.36. The topological polar surface area (TPSA) is 49.3 Å². The van der Waals surface area contributed by atoms with E-state index in [1.165, 1.54) is 44.9 Å². The highest BCUT2D eigenvalue weighted by molar-refractivity contribution is 5.94. The first-order valence-electron chi connectivity index (χ1n) is 8.77. The standard InChI is InChI=1S/C19H31NO2/c1-3-5-7-9-13-16(12-8-6-4-2)20-18-15-11-10-14-17(18)19(21)22/h10-11,14-16,20H,3-9,12-13H2,1-2H3,(H,21,22). The minimum absolute atomic E-state index is 0.372. The summed E-state index contributed by atoms with van der Waals surface area (Å²) >= 11 is 0. The van der Waals surface area contributed by atoms with E-state index in [2.05, 4.69) is 19.2 Å². The molecule has 0 saturated carbocycles. The van der Waals surface area contributed by atoms with Crippen molar-refractivity contribution < 1.29 is 9.90 Å². The summed E-state index contributed by atoms with van der Waals surface area (Å²) in [7, 11) is 0. The summed E-state index contributed by atoms with van der Waals surface area (Å²) in [5.41, 5.74) is 1.13. The summed E-state index contributed by atoms with van der Waals surface area (Å²) in [4.78, 5) is 11.3. The molecule has 2 N–H and O–H groups in total. The molecule has 0 spiro atoms. The van der Waals surface area contributed by atoms with E-state index >= 15 is 0 Å². The minimum Gasteiger partial charge on any atom is -0.478 e. The lowest BCUT2D eigenvalue weighted by Gasteiger charge is -2.21. The number of benzene rings is 1. The largest absolute Gasteiger partial charge is 0.478 e. The number of unbranched alkanes of at least 4 members (excludes halogenated alkanes) is 5. The Bertz CT molecular complexity index is 431. The van der Waals surface area contributed by atoms with Gasteiger partial charge < -0.3 is 10.4 Å². The van der Waals surface area contributed by atoms with Crippen LogP contribution in [0, 0.1) is 0 Å². The zero-order chi connectivity index (χ0) is 16.2. The molecular formula is C19H31NO2. The molecule has 0 aliphatic carbocycles. The number of carboxylic acids is 1. The van der Waals surface area contributed by atoms with Gasteiger partial charge in [-0.2, -0.15) is 0 Å². The summed E-state index contributed by atoms with van der Waals surface area (Å²) in [5.74, 6) is -0.860. The number of aromatic carboxylic acids is 1. The SMILES string of the molecule is CCCCCCC(CCCCC)Nc1ccccc1C(=O)O. The smallest absolute Gasteiger partial charge is 0.337 e. The van der Waals surface area contributed by atoms with Crippen LogP contribution in [-0.4, -0.2) is 17.1 Å². The monoisotopic (exact) mass is 305 g/mol. The second-order valence-electron chi connectivity index (χ2n) is 6.04. The van der Waals surface area contributed by atoms with E-state index in [-0.39, 0.29) is 0 Å². The highest BCUT2D eigenvalue weighted by Crippen LogP contribution is 2.21. The van der Waals surface area contributed by atoms with Crippen molar-refractivity contribution in [3.8, 4) is 0 Å². The van der Waals surface area contributed by atoms with E-state index in [0.717, 1.165) is 18.5 Å². The van der Waals surface area contributed by atoms with Crippen LogP contribution in [0.1, 0.15) is 82.0 Å². The number of hydrogen-bond acceptors (Lipinski definition) is 2. The zero-order valence-electron chi connectivity index (χ0n) is 14.1. The molecule has 0 bridgehead atoms. The van der Waals surface area contributed by atoms with Gasteiger partial charge in [0.05, 0.1) is 5.56 Å². The highest BCUT2D eigenvalue weighted by Gasteiger charge is 2.13. The summed E-state index contributed by atoms with van der Waals surface area (Å²) in [6, 6.07) is 7.60. The van der Waals surface area contributed by atoms with E-state index in [1.807, 2.05) is 12.1 Å². The van der Waals surface area contributed by atoms with Crippen LogP contribution < -0.4 is 5.32 Å². The Balaban J connectivity index is 2.63. The molecular weight excluding hydrogens is 274 g/mol. The molecule has 0 saturated heterocycles. The molecule has 22 heavy (non-hydrogen) atoms. The lowest BCUT2D eigenvalue weighted by atomic mass is 10.0. The van der Waals surface area contributed by atoms with Gasteiger partial charge in [-0.25, -0.2) is 4.79 Å². The van der Waals surface area contributed by atoms with Crippen molar-refractivity contribution in [3.63, 3.8) is 0 Å². The second kappa shape index (κ2) is 11.1. The fraction of sp³-hybridized carbons (Fsp3) is 0.632. The van der Waals surface area contributed by atoms with Gasteiger partial charge >= 0.3 is 5.97 Å². The molecule has 0 amide bonds. The first kappa shape index (κ1) is 18.5. The van der Waals surface area contributed by atoms with Gasteiger partial charge in [-0.15, -0.1) is 0 Å². The van der Waals surface area contributed by atoms with E-state index in [4.69, 9.17) is 0 Å². The molecule has 0 fully saturated rings. The molecule has 1 aromatic carbocycles. The van der Waals surface area contributed by atoms with Gasteiger partial charge in [0.25, 0.3) is 0 Å². The molecule has 3 nitrogen and oxygen atoms in total. The minimum atomic E-state index is -0.860. The van der Waals surface area contributed by atoms with Gasteiger partial charge in [-0.3, -0.25) is 0 Å². The van der Waals surface area contributed by atoms with Crippen molar-refractivity contribution in [1.29, 1.82) is 0 Å². The highest BCUT2D eigenvalue weighted by atomic mass is 16.4. The van der Waals surface area contributed by atoms with Crippen molar-refractivity contribution in [2.24, 2.45) is 0 Å². The van der Waals surface area contributed by atoms with Crippen LogP contribution in [0.3, 0.4) is 0 Å². The lowest BCUT2D eigenvalue weighted by molar-refractivity contribution is 0.0698. The summed E-state index contributed by atoms with van der Waals surface area (Å²) in [6.07, 6.45) is 10.9. The van der Waals surface area contributed by atoms with Crippen LogP contribution in [-0.2, 0) is 0 Å². The summed E-state index contributed by atoms with van der Waals surface area (Å²) in [6.45, 7) is 4.43. The molecule has 3 heteroatoms. The van der Waals surface area contributed by atoms with Gasteiger partial charge in [0.2, 0.25) is 0 Å². The Morgan fingerprint density at radius 1 is 1.00 bits per heavy atom. The first-order valence-corrected chi connectivity index (χ1v) is 8.77. The number of anilines is 1. The molecule has 0 aromatic heterocycles. The number of hydrogen-bond donors (Lipinski definition) is 2. The molecule has 0 aliphatic rings. The third-order valence-corrected chi connectivity index (χ3v) is 4.08.